The first kappa shape index (κ1) is 8.79. The number of nitrogens with zero attached hydrogens (tertiary/aromatic N) is 1. The van der Waals surface area contributed by atoms with Crippen LogP contribution in [0.25, 0.3) is 11.0 Å². The number of nitrogens with two attached hydrogens (primary N) is 1. The van der Waals surface area contributed by atoms with Crippen LogP contribution in [-0.4, -0.2) is 6.04 Å². The summed E-state index contributed by atoms with van der Waals surface area (Å²) in [6.07, 6.45) is 0.463. The van der Waals surface area contributed by atoms with Crippen molar-refractivity contribution in [1.82, 2.24) is 0 Å². The number of furan rings is 1. The van der Waals surface area contributed by atoms with Crippen molar-refractivity contribution in [2.75, 3.05) is 0 Å². The molecule has 0 aliphatic carbocycles. The number of rotatable bonds is 2. The zero-order valence-corrected chi connectivity index (χ0v) is 7.60. The van der Waals surface area contributed by atoms with Crippen LogP contribution in [0.2, 0.25) is 0 Å². The molecule has 0 saturated heterocycles. The molecule has 2 rings (SSSR count). The molecule has 2 N–H and O–H groups in total. The highest BCUT2D eigenvalue weighted by atomic mass is 16.3. The number of para-hydroxylation sites is 1. The summed E-state index contributed by atoms with van der Waals surface area (Å²) in [6.45, 7) is 0. The third kappa shape index (κ3) is 1.61. The van der Waals surface area contributed by atoms with Crippen LogP contribution in [0.15, 0.2) is 34.7 Å². The zero-order chi connectivity index (χ0) is 9.97. The minimum atomic E-state index is -0.490. The van der Waals surface area contributed by atoms with Crippen LogP contribution in [0.4, 0.5) is 0 Å². The quantitative estimate of drug-likeness (QED) is 0.778. The Balaban J connectivity index is 2.32. The molecule has 1 atom stereocenters. The molecule has 0 saturated carbocycles. The number of benzene rings is 1. The molecular formula is C11H10N2O. The number of hydrogen-bond acceptors (Lipinski definition) is 3. The largest absolute Gasteiger partial charge is 0.461 e. The molecule has 0 bridgehead atoms. The summed E-state index contributed by atoms with van der Waals surface area (Å²) >= 11 is 0. The Hall–Kier alpha value is -1.79. The molecule has 0 fully saturated rings. The third-order valence-corrected chi connectivity index (χ3v) is 2.06. The molecule has 2 aromatic rings. The second-order valence-corrected chi connectivity index (χ2v) is 3.19. The van der Waals surface area contributed by atoms with E-state index in [-0.39, 0.29) is 0 Å². The fraction of sp³-hybridized carbons (Fsp3) is 0.182. The Kier molecular flexibility index (Phi) is 2.21. The van der Waals surface area contributed by atoms with E-state index < -0.39 is 6.04 Å². The van der Waals surface area contributed by atoms with Gasteiger partial charge < -0.3 is 10.2 Å². The molecular weight excluding hydrogens is 176 g/mol. The smallest absolute Gasteiger partial charge is 0.134 e. The fourth-order valence-corrected chi connectivity index (χ4v) is 1.40. The third-order valence-electron chi connectivity index (χ3n) is 2.06. The summed E-state index contributed by atoms with van der Waals surface area (Å²) in [5, 5.41) is 9.60. The summed E-state index contributed by atoms with van der Waals surface area (Å²) in [4.78, 5) is 0. The Bertz CT molecular complexity index is 448. The minimum absolute atomic E-state index is 0.463. The normalized spacial score (nSPS) is 12.6. The summed E-state index contributed by atoms with van der Waals surface area (Å²) in [7, 11) is 0. The second-order valence-electron chi connectivity index (χ2n) is 3.19. The van der Waals surface area contributed by atoms with E-state index in [0.29, 0.717) is 6.42 Å². The molecule has 1 aromatic carbocycles. The maximum Gasteiger partial charge on any atom is 0.134 e. The summed E-state index contributed by atoms with van der Waals surface area (Å²) in [5.74, 6) is 0.764. The van der Waals surface area contributed by atoms with E-state index in [1.54, 1.807) is 0 Å². The lowest BCUT2D eigenvalue weighted by Crippen LogP contribution is -2.19. The van der Waals surface area contributed by atoms with E-state index >= 15 is 0 Å². The van der Waals surface area contributed by atoms with Crippen molar-refractivity contribution in [3.8, 4) is 6.07 Å². The Morgan fingerprint density at radius 3 is 2.93 bits per heavy atom. The first-order valence-electron chi connectivity index (χ1n) is 4.42. The lowest BCUT2D eigenvalue weighted by Gasteiger charge is -1.96. The lowest BCUT2D eigenvalue weighted by molar-refractivity contribution is 0.537. The maximum absolute atomic E-state index is 8.55. The number of fused-ring (bicyclic) bond motifs is 1. The average Bonchev–Trinajstić information content (AvgIpc) is 2.59. The molecule has 14 heavy (non-hydrogen) atoms. The van der Waals surface area contributed by atoms with E-state index in [1.165, 1.54) is 0 Å². The molecule has 0 aliphatic heterocycles. The SMILES string of the molecule is N#CC(N)Cc1cc2ccccc2o1. The van der Waals surface area contributed by atoms with Crippen molar-refractivity contribution in [3.63, 3.8) is 0 Å². The van der Waals surface area contributed by atoms with Crippen LogP contribution in [0.1, 0.15) is 5.76 Å². The van der Waals surface area contributed by atoms with Gasteiger partial charge in [-0.15, -0.1) is 0 Å². The van der Waals surface area contributed by atoms with E-state index in [9.17, 15) is 0 Å². The molecule has 1 heterocycles. The Morgan fingerprint density at radius 2 is 2.21 bits per heavy atom. The van der Waals surface area contributed by atoms with Crippen LogP contribution >= 0.6 is 0 Å². The van der Waals surface area contributed by atoms with Gasteiger partial charge in [0.05, 0.1) is 12.1 Å². The van der Waals surface area contributed by atoms with Crippen LogP contribution in [0.5, 0.6) is 0 Å². The van der Waals surface area contributed by atoms with Gasteiger partial charge in [-0.2, -0.15) is 5.26 Å². The molecule has 0 radical (unpaired) electrons. The van der Waals surface area contributed by atoms with Gasteiger partial charge in [0, 0.05) is 11.8 Å². The zero-order valence-electron chi connectivity index (χ0n) is 7.60. The molecule has 3 nitrogen and oxygen atoms in total. The van der Waals surface area contributed by atoms with Gasteiger partial charge in [0.2, 0.25) is 0 Å². The molecule has 0 amide bonds. The van der Waals surface area contributed by atoms with Crippen LogP contribution in [0, 0.1) is 11.3 Å². The standard InChI is InChI=1S/C11H10N2O/c12-7-9(13)6-10-5-8-3-1-2-4-11(8)14-10/h1-5,9H,6,13H2. The first-order valence-corrected chi connectivity index (χ1v) is 4.42. The van der Waals surface area contributed by atoms with Crippen molar-refractivity contribution in [3.05, 3.63) is 36.1 Å². The van der Waals surface area contributed by atoms with E-state index in [1.807, 2.05) is 36.4 Å². The Morgan fingerprint density at radius 1 is 1.43 bits per heavy atom. The van der Waals surface area contributed by atoms with Gasteiger partial charge in [0.15, 0.2) is 0 Å². The highest BCUT2D eigenvalue weighted by molar-refractivity contribution is 5.77. The van der Waals surface area contributed by atoms with Gasteiger partial charge in [0.1, 0.15) is 11.3 Å². The number of hydrogen-bond donors (Lipinski definition) is 1. The highest BCUT2D eigenvalue weighted by Crippen LogP contribution is 2.19. The van der Waals surface area contributed by atoms with Crippen molar-refractivity contribution >= 4 is 11.0 Å². The summed E-state index contributed by atoms with van der Waals surface area (Å²) in [5.41, 5.74) is 6.35. The van der Waals surface area contributed by atoms with Gasteiger partial charge >= 0.3 is 0 Å². The first-order chi connectivity index (χ1) is 6.79. The van der Waals surface area contributed by atoms with Gasteiger partial charge in [-0.05, 0) is 12.1 Å². The van der Waals surface area contributed by atoms with Crippen LogP contribution in [-0.2, 0) is 6.42 Å². The summed E-state index contributed by atoms with van der Waals surface area (Å²) in [6, 6.07) is 11.1. The van der Waals surface area contributed by atoms with Crippen molar-refractivity contribution in [1.29, 1.82) is 5.26 Å². The van der Waals surface area contributed by atoms with Crippen molar-refractivity contribution in [2.24, 2.45) is 5.73 Å². The van der Waals surface area contributed by atoms with Gasteiger partial charge in [-0.1, -0.05) is 18.2 Å². The predicted octanol–water partition coefficient (Wildman–Crippen LogP) is 1.83. The summed E-state index contributed by atoms with van der Waals surface area (Å²) < 4.78 is 5.51. The van der Waals surface area contributed by atoms with Crippen molar-refractivity contribution < 1.29 is 4.42 Å². The molecule has 0 aliphatic rings. The lowest BCUT2D eigenvalue weighted by atomic mass is 10.2. The highest BCUT2D eigenvalue weighted by Gasteiger charge is 2.07. The van der Waals surface area contributed by atoms with Gasteiger partial charge in [0.25, 0.3) is 0 Å². The minimum Gasteiger partial charge on any atom is -0.461 e. The molecule has 3 heteroatoms. The molecule has 70 valence electrons. The maximum atomic E-state index is 8.55. The van der Waals surface area contributed by atoms with E-state index in [4.69, 9.17) is 15.4 Å². The predicted molar refractivity (Wildman–Crippen MR) is 53.5 cm³/mol. The fourth-order valence-electron chi connectivity index (χ4n) is 1.40. The molecule has 1 aromatic heterocycles. The Labute approximate surface area is 81.7 Å². The van der Waals surface area contributed by atoms with Crippen LogP contribution < -0.4 is 5.73 Å². The molecule has 0 spiro atoms. The van der Waals surface area contributed by atoms with E-state index in [2.05, 4.69) is 0 Å². The van der Waals surface area contributed by atoms with Crippen LogP contribution in [0.3, 0.4) is 0 Å². The monoisotopic (exact) mass is 186 g/mol. The number of nitriles is 1. The van der Waals surface area contributed by atoms with Gasteiger partial charge in [-0.25, -0.2) is 0 Å². The van der Waals surface area contributed by atoms with Gasteiger partial charge in [-0.3, -0.25) is 0 Å². The van der Waals surface area contributed by atoms with Crippen molar-refractivity contribution in [2.45, 2.75) is 12.5 Å². The second kappa shape index (κ2) is 3.52. The van der Waals surface area contributed by atoms with E-state index in [0.717, 1.165) is 16.7 Å². The molecule has 1 unspecified atom stereocenters. The average molecular weight is 186 g/mol. The topological polar surface area (TPSA) is 63.0 Å².